The summed E-state index contributed by atoms with van der Waals surface area (Å²) < 4.78 is 4.70. The molecule has 0 bridgehead atoms. The van der Waals surface area contributed by atoms with Crippen LogP contribution in [0.15, 0.2) is 10.9 Å². The molecule has 0 spiro atoms. The number of carbonyl (C=O) groups excluding carboxylic acids is 1. The first-order valence-electron chi connectivity index (χ1n) is 3.30. The fraction of sp³-hybridized carbons (Fsp3) is 0.286. The molecule has 12 heavy (non-hydrogen) atoms. The van der Waals surface area contributed by atoms with Gasteiger partial charge in [0.15, 0.2) is 11.6 Å². The molecular weight excluding hydrogens is 160 g/mol. The molecule has 1 aromatic rings. The van der Waals surface area contributed by atoms with Crippen molar-refractivity contribution in [2.75, 3.05) is 7.11 Å². The second-order valence-electron chi connectivity index (χ2n) is 2.19. The van der Waals surface area contributed by atoms with Crippen molar-refractivity contribution in [3.8, 4) is 5.88 Å². The van der Waals surface area contributed by atoms with Crippen LogP contribution in [0, 0.1) is 0 Å². The van der Waals surface area contributed by atoms with Gasteiger partial charge in [0, 0.05) is 6.92 Å². The van der Waals surface area contributed by atoms with Crippen LogP contribution in [0.1, 0.15) is 17.5 Å². The lowest BCUT2D eigenvalue weighted by molar-refractivity contribution is 0.100. The Morgan fingerprint density at radius 3 is 2.83 bits per heavy atom. The molecule has 0 unspecified atom stereocenters. The summed E-state index contributed by atoms with van der Waals surface area (Å²) in [6.07, 6.45) is 0. The van der Waals surface area contributed by atoms with Gasteiger partial charge >= 0.3 is 0 Å². The van der Waals surface area contributed by atoms with Gasteiger partial charge in [-0.05, 0) is 0 Å². The van der Waals surface area contributed by atoms with Crippen LogP contribution < -0.4 is 10.3 Å². The Kier molecular flexibility index (Phi) is 2.23. The SMILES string of the molecule is COc1cc(=O)[nH]c(C(C)=O)n1. The molecule has 0 radical (unpaired) electrons. The van der Waals surface area contributed by atoms with E-state index in [2.05, 4.69) is 9.97 Å². The number of Topliss-reactive ketones (excluding diaryl/α,β-unsaturated/α-hetero) is 1. The number of carbonyl (C=O) groups is 1. The Balaban J connectivity index is 3.24. The topological polar surface area (TPSA) is 72.1 Å². The normalized spacial score (nSPS) is 9.50. The van der Waals surface area contributed by atoms with E-state index >= 15 is 0 Å². The van der Waals surface area contributed by atoms with Crippen molar-refractivity contribution in [2.24, 2.45) is 0 Å². The number of nitrogens with zero attached hydrogens (tertiary/aromatic N) is 1. The third-order valence-electron chi connectivity index (χ3n) is 1.26. The average Bonchev–Trinajstić information content (AvgIpc) is 2.03. The second kappa shape index (κ2) is 3.17. The summed E-state index contributed by atoms with van der Waals surface area (Å²) in [6.45, 7) is 1.32. The summed E-state index contributed by atoms with van der Waals surface area (Å²) in [5.41, 5.74) is -0.396. The number of ether oxygens (including phenoxy) is 1. The highest BCUT2D eigenvalue weighted by Crippen LogP contribution is 2.00. The lowest BCUT2D eigenvalue weighted by atomic mass is 10.4. The van der Waals surface area contributed by atoms with Crippen molar-refractivity contribution in [3.63, 3.8) is 0 Å². The highest BCUT2D eigenvalue weighted by atomic mass is 16.5. The van der Waals surface area contributed by atoms with E-state index in [9.17, 15) is 9.59 Å². The number of rotatable bonds is 2. The van der Waals surface area contributed by atoms with E-state index in [0.29, 0.717) is 0 Å². The molecule has 1 N–H and O–H groups in total. The maximum absolute atomic E-state index is 10.8. The average molecular weight is 168 g/mol. The lowest BCUT2D eigenvalue weighted by Gasteiger charge is -1.98. The van der Waals surface area contributed by atoms with Crippen LogP contribution in [0.4, 0.5) is 0 Å². The molecule has 1 heterocycles. The van der Waals surface area contributed by atoms with E-state index in [4.69, 9.17) is 4.74 Å². The molecule has 0 saturated carbocycles. The highest BCUT2D eigenvalue weighted by molar-refractivity contribution is 5.90. The van der Waals surface area contributed by atoms with Crippen LogP contribution in [-0.2, 0) is 0 Å². The van der Waals surface area contributed by atoms with Gasteiger partial charge in [-0.3, -0.25) is 9.59 Å². The zero-order valence-electron chi connectivity index (χ0n) is 6.75. The standard InChI is InChI=1S/C7H8N2O3/c1-4(10)7-8-5(11)3-6(9-7)12-2/h3H,1-2H3,(H,8,9,11). The minimum atomic E-state index is -0.396. The zero-order valence-corrected chi connectivity index (χ0v) is 6.75. The molecule has 1 rings (SSSR count). The van der Waals surface area contributed by atoms with Crippen LogP contribution in [-0.4, -0.2) is 22.9 Å². The molecule has 5 heteroatoms. The summed E-state index contributed by atoms with van der Waals surface area (Å²) in [6, 6.07) is 1.17. The van der Waals surface area contributed by atoms with Crippen LogP contribution in [0.5, 0.6) is 5.88 Å². The van der Waals surface area contributed by atoms with Gasteiger partial charge in [-0.25, -0.2) is 0 Å². The third-order valence-corrected chi connectivity index (χ3v) is 1.26. The molecular formula is C7H8N2O3. The van der Waals surface area contributed by atoms with Gasteiger partial charge in [-0.15, -0.1) is 0 Å². The number of ketones is 1. The van der Waals surface area contributed by atoms with Crippen molar-refractivity contribution < 1.29 is 9.53 Å². The minimum Gasteiger partial charge on any atom is -0.481 e. The summed E-state index contributed by atoms with van der Waals surface area (Å²) >= 11 is 0. The fourth-order valence-electron chi connectivity index (χ4n) is 0.707. The Bertz CT molecular complexity index is 356. The maximum Gasteiger partial charge on any atom is 0.255 e. The highest BCUT2D eigenvalue weighted by Gasteiger charge is 2.04. The molecule has 0 aliphatic rings. The quantitative estimate of drug-likeness (QED) is 0.630. The molecule has 0 aliphatic heterocycles. The number of methoxy groups -OCH3 is 1. The van der Waals surface area contributed by atoms with Crippen molar-refractivity contribution in [1.82, 2.24) is 9.97 Å². The largest absolute Gasteiger partial charge is 0.481 e. The van der Waals surface area contributed by atoms with Crippen LogP contribution in [0.2, 0.25) is 0 Å². The van der Waals surface area contributed by atoms with Crippen LogP contribution >= 0.6 is 0 Å². The number of nitrogens with one attached hydrogen (secondary N) is 1. The number of H-pyrrole nitrogens is 1. The second-order valence-corrected chi connectivity index (χ2v) is 2.19. The Morgan fingerprint density at radius 2 is 2.33 bits per heavy atom. The van der Waals surface area contributed by atoms with E-state index in [1.165, 1.54) is 20.1 Å². The molecule has 1 aromatic heterocycles. The summed E-state index contributed by atoms with van der Waals surface area (Å²) in [5.74, 6) is -0.144. The Labute approximate surface area is 68.4 Å². The molecule has 0 atom stereocenters. The molecule has 64 valence electrons. The molecule has 5 nitrogen and oxygen atoms in total. The van der Waals surface area contributed by atoms with Gasteiger partial charge in [-0.1, -0.05) is 0 Å². The molecule has 0 aliphatic carbocycles. The molecule has 0 amide bonds. The predicted octanol–water partition coefficient (Wildman–Crippen LogP) is -0.0189. The summed E-state index contributed by atoms with van der Waals surface area (Å²) in [4.78, 5) is 27.6. The first kappa shape index (κ1) is 8.45. The van der Waals surface area contributed by atoms with Crippen molar-refractivity contribution >= 4 is 5.78 Å². The Morgan fingerprint density at radius 1 is 1.67 bits per heavy atom. The third kappa shape index (κ3) is 1.69. The maximum atomic E-state index is 10.8. The van der Waals surface area contributed by atoms with Gasteiger partial charge in [0.2, 0.25) is 5.88 Å². The van der Waals surface area contributed by atoms with Crippen molar-refractivity contribution in [1.29, 1.82) is 0 Å². The van der Waals surface area contributed by atoms with Crippen LogP contribution in [0.25, 0.3) is 0 Å². The first-order valence-corrected chi connectivity index (χ1v) is 3.30. The first-order chi connectivity index (χ1) is 5.63. The molecule has 0 aromatic carbocycles. The number of hydrogen-bond donors (Lipinski definition) is 1. The van der Waals surface area contributed by atoms with Gasteiger partial charge in [-0.2, -0.15) is 4.98 Å². The van der Waals surface area contributed by atoms with Crippen molar-refractivity contribution in [2.45, 2.75) is 6.92 Å². The van der Waals surface area contributed by atoms with E-state index in [1.54, 1.807) is 0 Å². The lowest BCUT2D eigenvalue weighted by Crippen LogP contribution is -2.13. The van der Waals surface area contributed by atoms with E-state index in [1.807, 2.05) is 0 Å². The summed E-state index contributed by atoms with van der Waals surface area (Å²) in [7, 11) is 1.38. The zero-order chi connectivity index (χ0) is 9.14. The molecule has 0 saturated heterocycles. The van der Waals surface area contributed by atoms with Crippen molar-refractivity contribution in [3.05, 3.63) is 22.2 Å². The van der Waals surface area contributed by atoms with E-state index < -0.39 is 5.56 Å². The van der Waals surface area contributed by atoms with Crippen LogP contribution in [0.3, 0.4) is 0 Å². The monoisotopic (exact) mass is 168 g/mol. The smallest absolute Gasteiger partial charge is 0.255 e. The number of hydrogen-bond acceptors (Lipinski definition) is 4. The fourth-order valence-corrected chi connectivity index (χ4v) is 0.707. The van der Waals surface area contributed by atoms with E-state index in [-0.39, 0.29) is 17.5 Å². The van der Waals surface area contributed by atoms with Gasteiger partial charge < -0.3 is 9.72 Å². The summed E-state index contributed by atoms with van der Waals surface area (Å²) in [5, 5.41) is 0. The molecule has 0 fully saturated rings. The predicted molar refractivity (Wildman–Crippen MR) is 41.4 cm³/mol. The minimum absolute atomic E-state index is 0.0133. The Hall–Kier alpha value is -1.65. The van der Waals surface area contributed by atoms with E-state index in [0.717, 1.165) is 0 Å². The van der Waals surface area contributed by atoms with Gasteiger partial charge in [0.25, 0.3) is 5.56 Å². The number of aromatic nitrogens is 2. The van der Waals surface area contributed by atoms with Gasteiger partial charge in [0.05, 0.1) is 13.2 Å². The van der Waals surface area contributed by atoms with Gasteiger partial charge in [0.1, 0.15) is 0 Å². The number of aromatic amines is 1.